The summed E-state index contributed by atoms with van der Waals surface area (Å²) in [6, 6.07) is 13.0. The Balaban J connectivity index is 1.98. The van der Waals surface area contributed by atoms with Crippen LogP contribution in [-0.2, 0) is 0 Å². The van der Waals surface area contributed by atoms with Gasteiger partial charge in [0.25, 0.3) is 5.91 Å². The molecule has 3 aromatic rings. The van der Waals surface area contributed by atoms with Crippen LogP contribution in [0.25, 0.3) is 11.0 Å². The van der Waals surface area contributed by atoms with Crippen LogP contribution in [0.4, 0.5) is 0 Å². The second-order valence-electron chi connectivity index (χ2n) is 6.27. The van der Waals surface area contributed by atoms with E-state index in [4.69, 9.17) is 4.42 Å². The molecule has 1 amide bonds. The first-order chi connectivity index (χ1) is 12.0. The summed E-state index contributed by atoms with van der Waals surface area (Å²) in [6.07, 6.45) is 2.01. The van der Waals surface area contributed by atoms with Crippen LogP contribution in [0.2, 0.25) is 0 Å². The third-order valence-corrected chi connectivity index (χ3v) is 5.43. The highest BCUT2D eigenvalue weighted by atomic mass is 32.2. The predicted octanol–water partition coefficient (Wildman–Crippen LogP) is 4.00. The fraction of sp³-hybridized carbons (Fsp3) is 0.200. The summed E-state index contributed by atoms with van der Waals surface area (Å²) < 4.78 is 5.82. The van der Waals surface area contributed by atoms with Crippen LogP contribution in [-0.4, -0.2) is 24.1 Å². The average Bonchev–Trinajstić information content (AvgIpc) is 2.88. The molecule has 5 heteroatoms. The molecule has 1 aliphatic rings. The van der Waals surface area contributed by atoms with Gasteiger partial charge in [0.05, 0.1) is 17.0 Å². The lowest BCUT2D eigenvalue weighted by Gasteiger charge is -2.20. The molecule has 0 saturated carbocycles. The molecule has 0 N–H and O–H groups in total. The van der Waals surface area contributed by atoms with Crippen molar-refractivity contribution in [3.63, 3.8) is 0 Å². The van der Waals surface area contributed by atoms with E-state index in [1.807, 2.05) is 49.6 Å². The Morgan fingerprint density at radius 3 is 2.48 bits per heavy atom. The lowest BCUT2D eigenvalue weighted by molar-refractivity contribution is 0.0771. The first kappa shape index (κ1) is 16.0. The number of hydrogen-bond acceptors (Lipinski definition) is 4. The number of carbonyl (C=O) groups excluding carboxylic acids is 1. The molecule has 126 valence electrons. The maximum atomic E-state index is 13.1. The highest BCUT2D eigenvalue weighted by molar-refractivity contribution is 7.98. The standard InChI is InChI=1S/C20H17NO3S/c1-11-4-9-15-14(10-11)18(22)16-17(21(2)20(23)19(16)24-15)12-5-7-13(25-3)8-6-12/h4-10,17H,1-3H3/t17-/m0/s1. The second-order valence-corrected chi connectivity index (χ2v) is 7.15. The number of fused-ring (bicyclic) bond motifs is 2. The molecule has 0 bridgehead atoms. The summed E-state index contributed by atoms with van der Waals surface area (Å²) in [6.45, 7) is 1.93. The molecule has 0 saturated heterocycles. The van der Waals surface area contributed by atoms with E-state index in [1.54, 1.807) is 29.8 Å². The second kappa shape index (κ2) is 5.77. The third kappa shape index (κ3) is 2.38. The zero-order chi connectivity index (χ0) is 17.7. The molecular formula is C20H17NO3S. The van der Waals surface area contributed by atoms with Gasteiger partial charge in [-0.2, -0.15) is 0 Å². The molecule has 0 spiro atoms. The van der Waals surface area contributed by atoms with Crippen LogP contribution in [0.3, 0.4) is 0 Å². The van der Waals surface area contributed by atoms with Crippen molar-refractivity contribution in [3.8, 4) is 0 Å². The SMILES string of the molecule is CSc1ccc([C@H]2c3c(oc4ccc(C)cc4c3=O)C(=O)N2C)cc1. The number of benzene rings is 2. The molecule has 0 fully saturated rings. The van der Waals surface area contributed by atoms with Crippen LogP contribution in [0.1, 0.15) is 33.3 Å². The molecule has 1 atom stereocenters. The van der Waals surface area contributed by atoms with Crippen molar-refractivity contribution in [3.05, 3.63) is 75.1 Å². The Labute approximate surface area is 149 Å². The number of rotatable bonds is 2. The first-order valence-corrected chi connectivity index (χ1v) is 9.22. The monoisotopic (exact) mass is 351 g/mol. The van der Waals surface area contributed by atoms with Gasteiger partial charge >= 0.3 is 0 Å². The van der Waals surface area contributed by atoms with Crippen LogP contribution in [0.5, 0.6) is 0 Å². The topological polar surface area (TPSA) is 50.5 Å². The largest absolute Gasteiger partial charge is 0.450 e. The third-order valence-electron chi connectivity index (χ3n) is 4.69. The first-order valence-electron chi connectivity index (χ1n) is 7.99. The van der Waals surface area contributed by atoms with Gasteiger partial charge in [0.2, 0.25) is 5.76 Å². The van der Waals surface area contributed by atoms with E-state index in [9.17, 15) is 9.59 Å². The van der Waals surface area contributed by atoms with E-state index >= 15 is 0 Å². The molecular weight excluding hydrogens is 334 g/mol. The van der Waals surface area contributed by atoms with Gasteiger partial charge in [0.1, 0.15) is 5.58 Å². The minimum absolute atomic E-state index is 0.128. The Hall–Kier alpha value is -2.53. The van der Waals surface area contributed by atoms with Crippen LogP contribution in [0.15, 0.2) is 56.6 Å². The van der Waals surface area contributed by atoms with E-state index in [0.717, 1.165) is 16.0 Å². The van der Waals surface area contributed by atoms with Crippen molar-refractivity contribution >= 4 is 28.6 Å². The molecule has 1 aliphatic heterocycles. The van der Waals surface area contributed by atoms with Gasteiger partial charge < -0.3 is 9.32 Å². The minimum Gasteiger partial charge on any atom is -0.450 e. The predicted molar refractivity (Wildman–Crippen MR) is 99.4 cm³/mol. The van der Waals surface area contributed by atoms with Gasteiger partial charge in [0, 0.05) is 11.9 Å². The maximum Gasteiger partial charge on any atom is 0.290 e. The fourth-order valence-corrected chi connectivity index (χ4v) is 3.79. The van der Waals surface area contributed by atoms with E-state index in [0.29, 0.717) is 16.5 Å². The molecule has 0 unspecified atom stereocenters. The zero-order valence-electron chi connectivity index (χ0n) is 14.2. The number of thioether (sulfide) groups is 1. The summed E-state index contributed by atoms with van der Waals surface area (Å²) in [7, 11) is 1.71. The molecule has 0 radical (unpaired) electrons. The van der Waals surface area contributed by atoms with Gasteiger partial charge in [-0.15, -0.1) is 11.8 Å². The summed E-state index contributed by atoms with van der Waals surface area (Å²) in [5.41, 5.74) is 2.65. The number of hydrogen-bond donors (Lipinski definition) is 0. The van der Waals surface area contributed by atoms with E-state index in [1.165, 1.54) is 0 Å². The molecule has 0 aliphatic carbocycles. The Bertz CT molecular complexity index is 1050. The molecule has 4 rings (SSSR count). The van der Waals surface area contributed by atoms with Crippen molar-refractivity contribution < 1.29 is 9.21 Å². The van der Waals surface area contributed by atoms with Gasteiger partial charge in [0.15, 0.2) is 5.43 Å². The number of carbonyl (C=O) groups is 1. The molecule has 4 nitrogen and oxygen atoms in total. The van der Waals surface area contributed by atoms with Gasteiger partial charge in [-0.3, -0.25) is 9.59 Å². The van der Waals surface area contributed by atoms with Crippen molar-refractivity contribution in [2.24, 2.45) is 0 Å². The Kier molecular flexibility index (Phi) is 3.69. The summed E-state index contributed by atoms with van der Waals surface area (Å²) in [5.74, 6) is -0.101. The van der Waals surface area contributed by atoms with Crippen LogP contribution in [0, 0.1) is 6.92 Å². The lowest BCUT2D eigenvalue weighted by Crippen LogP contribution is -2.25. The highest BCUT2D eigenvalue weighted by Crippen LogP contribution is 2.37. The van der Waals surface area contributed by atoms with Gasteiger partial charge in [-0.05, 0) is 43.0 Å². The Morgan fingerprint density at radius 1 is 1.08 bits per heavy atom. The van der Waals surface area contributed by atoms with E-state index in [-0.39, 0.29) is 17.1 Å². The lowest BCUT2D eigenvalue weighted by atomic mass is 9.98. The molecule has 2 heterocycles. The van der Waals surface area contributed by atoms with Crippen LogP contribution >= 0.6 is 11.8 Å². The van der Waals surface area contributed by atoms with Gasteiger partial charge in [-0.1, -0.05) is 23.8 Å². The molecule has 1 aromatic heterocycles. The minimum atomic E-state index is -0.417. The van der Waals surface area contributed by atoms with Gasteiger partial charge in [-0.25, -0.2) is 0 Å². The quantitative estimate of drug-likeness (QED) is 0.655. The van der Waals surface area contributed by atoms with Crippen molar-refractivity contribution in [2.75, 3.05) is 13.3 Å². The summed E-state index contributed by atoms with van der Waals surface area (Å²) in [5, 5.41) is 0.521. The number of amides is 1. The average molecular weight is 351 g/mol. The summed E-state index contributed by atoms with van der Waals surface area (Å²) >= 11 is 1.65. The highest BCUT2D eigenvalue weighted by Gasteiger charge is 2.40. The number of aryl methyl sites for hydroxylation is 1. The molecule has 25 heavy (non-hydrogen) atoms. The molecule has 2 aromatic carbocycles. The van der Waals surface area contributed by atoms with Crippen molar-refractivity contribution in [1.29, 1.82) is 0 Å². The number of nitrogens with zero attached hydrogens (tertiary/aromatic N) is 1. The smallest absolute Gasteiger partial charge is 0.290 e. The Morgan fingerprint density at radius 2 is 1.80 bits per heavy atom. The van der Waals surface area contributed by atoms with E-state index < -0.39 is 6.04 Å². The van der Waals surface area contributed by atoms with Crippen molar-refractivity contribution in [1.82, 2.24) is 4.90 Å². The van der Waals surface area contributed by atoms with E-state index in [2.05, 4.69) is 0 Å². The normalized spacial score (nSPS) is 16.5. The zero-order valence-corrected chi connectivity index (χ0v) is 15.0. The fourth-order valence-electron chi connectivity index (χ4n) is 3.38. The maximum absolute atomic E-state index is 13.1. The van der Waals surface area contributed by atoms with Crippen LogP contribution < -0.4 is 5.43 Å². The van der Waals surface area contributed by atoms with Crippen molar-refractivity contribution in [2.45, 2.75) is 17.9 Å². The summed E-state index contributed by atoms with van der Waals surface area (Å²) in [4.78, 5) is 28.5.